The molecule has 3 aromatic rings. The normalized spacial score (nSPS) is 20.2. The number of fused-ring (bicyclic) bond motifs is 1. The highest BCUT2D eigenvalue weighted by Crippen LogP contribution is 2.32. The van der Waals surface area contributed by atoms with Crippen LogP contribution in [-0.4, -0.2) is 50.0 Å². The molecule has 2 aliphatic heterocycles. The molecule has 1 saturated heterocycles. The summed E-state index contributed by atoms with van der Waals surface area (Å²) in [6.45, 7) is 3.74. The van der Waals surface area contributed by atoms with E-state index in [4.69, 9.17) is 16.3 Å². The van der Waals surface area contributed by atoms with Gasteiger partial charge in [0.25, 0.3) is 0 Å². The zero-order chi connectivity index (χ0) is 23.8. The fraction of sp³-hybridized carbons (Fsp3) is 0.261. The summed E-state index contributed by atoms with van der Waals surface area (Å²) in [7, 11) is 0. The number of benzene rings is 1. The van der Waals surface area contributed by atoms with E-state index in [0.29, 0.717) is 22.1 Å². The van der Waals surface area contributed by atoms with Crippen molar-refractivity contribution in [3.8, 4) is 0 Å². The van der Waals surface area contributed by atoms with Gasteiger partial charge in [-0.2, -0.15) is 15.0 Å². The van der Waals surface area contributed by atoms with Gasteiger partial charge in [0.15, 0.2) is 0 Å². The average Bonchev–Trinajstić information content (AvgIpc) is 3.20. The van der Waals surface area contributed by atoms with Crippen LogP contribution in [0, 0.1) is 6.92 Å². The van der Waals surface area contributed by atoms with Crippen LogP contribution < -0.4 is 15.5 Å². The monoisotopic (exact) mass is 479 g/mol. The molecule has 0 radical (unpaired) electrons. The van der Waals surface area contributed by atoms with Gasteiger partial charge < -0.3 is 20.5 Å². The topological polar surface area (TPSA) is 125 Å². The first kappa shape index (κ1) is 22.1. The third kappa shape index (κ3) is 4.25. The molecule has 11 heteroatoms. The lowest BCUT2D eigenvalue weighted by molar-refractivity contribution is 0.178. The molecule has 1 fully saturated rings. The third-order valence-corrected chi connectivity index (χ3v) is 5.88. The van der Waals surface area contributed by atoms with E-state index in [2.05, 4.69) is 30.6 Å². The summed E-state index contributed by atoms with van der Waals surface area (Å²) < 4.78 is 5.26. The number of amides is 1. The number of cyclic esters (lactones) is 1. The molecule has 2 aromatic heterocycles. The highest BCUT2D eigenvalue weighted by atomic mass is 35.5. The van der Waals surface area contributed by atoms with Gasteiger partial charge >= 0.3 is 6.09 Å². The second-order valence-electron chi connectivity index (χ2n) is 8.01. The third-order valence-electron chi connectivity index (χ3n) is 5.64. The van der Waals surface area contributed by atoms with E-state index in [0.717, 1.165) is 11.3 Å². The number of rotatable bonds is 5. The first-order chi connectivity index (χ1) is 16.4. The van der Waals surface area contributed by atoms with Gasteiger partial charge in [0.1, 0.15) is 24.7 Å². The predicted octanol–water partition coefficient (Wildman–Crippen LogP) is 3.55. The number of aromatic nitrogens is 4. The lowest BCUT2D eigenvalue weighted by Crippen LogP contribution is -2.34. The summed E-state index contributed by atoms with van der Waals surface area (Å²) in [5.41, 5.74) is 3.01. The van der Waals surface area contributed by atoms with E-state index < -0.39 is 18.4 Å². The van der Waals surface area contributed by atoms with Gasteiger partial charge in [-0.05, 0) is 55.8 Å². The molecule has 0 saturated carbocycles. The van der Waals surface area contributed by atoms with Crippen molar-refractivity contribution in [3.63, 3.8) is 0 Å². The van der Waals surface area contributed by atoms with Crippen molar-refractivity contribution >= 4 is 41.4 Å². The van der Waals surface area contributed by atoms with Crippen molar-refractivity contribution in [1.82, 2.24) is 19.9 Å². The second-order valence-corrected chi connectivity index (χ2v) is 8.45. The lowest BCUT2D eigenvalue weighted by Gasteiger charge is -2.28. The number of nitrogens with one attached hydrogen (secondary N) is 2. The number of aliphatic hydroxyl groups excluding tert-OH is 1. The van der Waals surface area contributed by atoms with Crippen LogP contribution in [0.4, 0.5) is 22.4 Å². The maximum Gasteiger partial charge on any atom is 0.417 e. The number of aryl methyl sites for hydroxylation is 1. The minimum atomic E-state index is -0.902. The summed E-state index contributed by atoms with van der Waals surface area (Å²) in [6.07, 6.45) is 2.08. The van der Waals surface area contributed by atoms with Crippen molar-refractivity contribution in [2.24, 2.45) is 0 Å². The lowest BCUT2D eigenvalue weighted by atomic mass is 9.98. The number of anilines is 3. The van der Waals surface area contributed by atoms with Gasteiger partial charge in [0.2, 0.25) is 11.9 Å². The zero-order valence-electron chi connectivity index (χ0n) is 18.4. The fourth-order valence-corrected chi connectivity index (χ4v) is 4.17. The minimum absolute atomic E-state index is 0.145. The first-order valence-electron chi connectivity index (χ1n) is 10.7. The number of aliphatic hydroxyl groups is 1. The van der Waals surface area contributed by atoms with E-state index in [1.54, 1.807) is 25.3 Å². The van der Waals surface area contributed by atoms with Gasteiger partial charge in [-0.3, -0.25) is 4.98 Å². The van der Waals surface area contributed by atoms with Gasteiger partial charge in [-0.15, -0.1) is 0 Å². The van der Waals surface area contributed by atoms with Crippen LogP contribution in [0.5, 0.6) is 0 Å². The summed E-state index contributed by atoms with van der Waals surface area (Å²) in [5, 5.41) is 17.5. The summed E-state index contributed by atoms with van der Waals surface area (Å²) in [5.74, 6) is 0.848. The molecule has 1 amide bonds. The molecule has 0 bridgehead atoms. The smallest absolute Gasteiger partial charge is 0.417 e. The highest BCUT2D eigenvalue weighted by Gasteiger charge is 2.38. The van der Waals surface area contributed by atoms with Crippen LogP contribution in [0.25, 0.3) is 6.08 Å². The number of carbonyl (C=O) groups is 1. The minimum Gasteiger partial charge on any atom is -0.446 e. The molecule has 0 spiro atoms. The molecular weight excluding hydrogens is 458 g/mol. The van der Waals surface area contributed by atoms with E-state index >= 15 is 0 Å². The van der Waals surface area contributed by atoms with Crippen LogP contribution in [0.3, 0.4) is 0 Å². The van der Waals surface area contributed by atoms with Gasteiger partial charge in [0, 0.05) is 22.5 Å². The average molecular weight is 480 g/mol. The predicted molar refractivity (Wildman–Crippen MR) is 128 cm³/mol. The molecule has 34 heavy (non-hydrogen) atoms. The maximum absolute atomic E-state index is 12.5. The molecule has 4 heterocycles. The van der Waals surface area contributed by atoms with E-state index in [-0.39, 0.29) is 24.5 Å². The Bertz CT molecular complexity index is 1270. The van der Waals surface area contributed by atoms with Crippen LogP contribution >= 0.6 is 11.6 Å². The Kier molecular flexibility index (Phi) is 5.76. The van der Waals surface area contributed by atoms with Gasteiger partial charge in [0.05, 0.1) is 11.7 Å². The Morgan fingerprint density at radius 1 is 1.26 bits per heavy atom. The molecular formula is C23H22ClN7O3. The first-order valence-corrected chi connectivity index (χ1v) is 11.1. The van der Waals surface area contributed by atoms with Gasteiger partial charge in [-0.25, -0.2) is 9.69 Å². The maximum atomic E-state index is 12.5. The number of hydrogen-bond acceptors (Lipinski definition) is 9. The Balaban J connectivity index is 1.43. The van der Waals surface area contributed by atoms with Crippen molar-refractivity contribution in [2.75, 3.05) is 22.1 Å². The van der Waals surface area contributed by atoms with E-state index in [1.807, 2.05) is 37.3 Å². The van der Waals surface area contributed by atoms with Crippen molar-refractivity contribution < 1.29 is 14.6 Å². The fourth-order valence-electron chi connectivity index (χ4n) is 3.99. The Morgan fingerprint density at radius 2 is 2.12 bits per heavy atom. The van der Waals surface area contributed by atoms with E-state index in [9.17, 15) is 9.90 Å². The standard InChI is InChI=1S/C23H22ClN7O3/c1-12(16-10-14-9-15(24)6-7-17(14)29-20(16)32)26-21-27-13(2)28-22(30-21)31-19(11-34-23(31)33)18-5-3-4-8-25-18/h3-10,12,19-20,29,32H,11H2,1-2H3,(H,26,27,28,30)/t12-,19+,20?/m0/s1. The Labute approximate surface area is 200 Å². The molecule has 3 atom stereocenters. The molecule has 2 aliphatic rings. The van der Waals surface area contributed by atoms with E-state index in [1.165, 1.54) is 4.90 Å². The zero-order valence-corrected chi connectivity index (χ0v) is 19.2. The van der Waals surface area contributed by atoms with Crippen molar-refractivity contribution in [1.29, 1.82) is 0 Å². The summed E-state index contributed by atoms with van der Waals surface area (Å²) in [6, 6.07) is 10.1. The summed E-state index contributed by atoms with van der Waals surface area (Å²) >= 11 is 6.13. The second kappa shape index (κ2) is 8.88. The molecule has 174 valence electrons. The number of carbonyl (C=O) groups excluding carboxylic acids is 1. The number of halogens is 1. The highest BCUT2D eigenvalue weighted by molar-refractivity contribution is 6.30. The Hall–Kier alpha value is -3.76. The number of pyridine rings is 1. The van der Waals surface area contributed by atoms with Crippen LogP contribution in [-0.2, 0) is 4.74 Å². The molecule has 1 unspecified atom stereocenters. The van der Waals surface area contributed by atoms with Crippen LogP contribution in [0.15, 0.2) is 48.2 Å². The summed E-state index contributed by atoms with van der Waals surface area (Å²) in [4.78, 5) is 31.5. The van der Waals surface area contributed by atoms with Gasteiger partial charge in [-0.1, -0.05) is 17.7 Å². The van der Waals surface area contributed by atoms with Crippen molar-refractivity contribution in [2.45, 2.75) is 32.2 Å². The quantitative estimate of drug-likeness (QED) is 0.503. The Morgan fingerprint density at radius 3 is 2.91 bits per heavy atom. The molecule has 3 N–H and O–H groups in total. The van der Waals surface area contributed by atoms with Crippen LogP contribution in [0.2, 0.25) is 5.02 Å². The molecule has 10 nitrogen and oxygen atoms in total. The largest absolute Gasteiger partial charge is 0.446 e. The molecule has 5 rings (SSSR count). The van der Waals surface area contributed by atoms with Crippen LogP contribution in [0.1, 0.15) is 30.0 Å². The van der Waals surface area contributed by atoms with Crippen molar-refractivity contribution in [3.05, 3.63) is 70.3 Å². The molecule has 0 aliphatic carbocycles. The number of hydrogen-bond donors (Lipinski definition) is 3. The molecule has 1 aromatic carbocycles. The number of ether oxygens (including phenoxy) is 1. The SMILES string of the molecule is Cc1nc(N[C@@H](C)C2=Cc3cc(Cl)ccc3NC2O)nc(N2C(=O)OC[C@@H]2c2ccccn2)n1. The number of nitrogens with zero attached hydrogens (tertiary/aromatic N) is 5.